The van der Waals surface area contributed by atoms with Crippen LogP contribution in [-0.4, -0.2) is 69.7 Å². The van der Waals surface area contributed by atoms with E-state index in [-0.39, 0.29) is 24.5 Å². The zero-order valence-corrected chi connectivity index (χ0v) is 15.3. The van der Waals surface area contributed by atoms with Gasteiger partial charge in [0.25, 0.3) is 0 Å². The predicted octanol–water partition coefficient (Wildman–Crippen LogP) is 0.984. The average molecular weight is 354 g/mol. The number of ether oxygens (including phenoxy) is 1. The maximum atomic E-state index is 11.9. The second kappa shape index (κ2) is 8.09. The molecule has 0 saturated carbocycles. The highest BCUT2D eigenvalue weighted by molar-refractivity contribution is 7.88. The molecule has 7 heteroatoms. The van der Waals surface area contributed by atoms with Gasteiger partial charge in [-0.1, -0.05) is 30.3 Å². The largest absolute Gasteiger partial charge is 0.368 e. The van der Waals surface area contributed by atoms with E-state index in [1.165, 1.54) is 15.5 Å². The Bertz CT molecular complexity index is 646. The lowest BCUT2D eigenvalue weighted by molar-refractivity contribution is -0.138. The highest BCUT2D eigenvalue weighted by atomic mass is 32.2. The number of nitrogens with zero attached hydrogens (tertiary/aromatic N) is 2. The molecule has 0 unspecified atom stereocenters. The molecule has 0 aliphatic carbocycles. The highest BCUT2D eigenvalue weighted by Crippen LogP contribution is 2.25. The van der Waals surface area contributed by atoms with E-state index in [0.717, 1.165) is 12.0 Å². The Kier molecular flexibility index (Phi) is 6.37. The Morgan fingerprint density at radius 3 is 2.54 bits per heavy atom. The number of hydrogen-bond donors (Lipinski definition) is 0. The summed E-state index contributed by atoms with van der Waals surface area (Å²) in [4.78, 5) is 13.3. The molecule has 1 aromatic rings. The normalized spacial score (nSPS) is 22.3. The highest BCUT2D eigenvalue weighted by Gasteiger charge is 2.34. The summed E-state index contributed by atoms with van der Waals surface area (Å²) in [5.41, 5.74) is 1.14. The smallest absolute Gasteiger partial charge is 0.248 e. The molecule has 0 aromatic heterocycles. The fourth-order valence-corrected chi connectivity index (χ4v) is 3.82. The van der Waals surface area contributed by atoms with Crippen LogP contribution in [0.5, 0.6) is 0 Å². The lowest BCUT2D eigenvalue weighted by atomic mass is 9.89. The van der Waals surface area contributed by atoms with Gasteiger partial charge in [0.05, 0.1) is 12.4 Å². The zero-order chi connectivity index (χ0) is 17.7. The molecule has 1 amide bonds. The van der Waals surface area contributed by atoms with Crippen LogP contribution in [0, 0.1) is 5.92 Å². The maximum Gasteiger partial charge on any atom is 0.248 e. The second-order valence-corrected chi connectivity index (χ2v) is 8.48. The SMILES string of the molecule is CN(C)C(=O)CO[C@H]1CCN(S(C)(=O)=O)C[C@@H]1Cc1ccccc1. The van der Waals surface area contributed by atoms with Crippen molar-refractivity contribution < 1.29 is 17.9 Å². The summed E-state index contributed by atoms with van der Waals surface area (Å²) >= 11 is 0. The summed E-state index contributed by atoms with van der Waals surface area (Å²) in [5, 5.41) is 0. The summed E-state index contributed by atoms with van der Waals surface area (Å²) in [6.45, 7) is 0.890. The number of benzene rings is 1. The van der Waals surface area contributed by atoms with E-state index >= 15 is 0 Å². The molecule has 24 heavy (non-hydrogen) atoms. The number of hydrogen-bond acceptors (Lipinski definition) is 4. The first-order valence-electron chi connectivity index (χ1n) is 8.08. The zero-order valence-electron chi connectivity index (χ0n) is 14.5. The third-order valence-electron chi connectivity index (χ3n) is 4.36. The Morgan fingerprint density at radius 1 is 1.29 bits per heavy atom. The second-order valence-electron chi connectivity index (χ2n) is 6.50. The molecule has 6 nitrogen and oxygen atoms in total. The van der Waals surface area contributed by atoms with Crippen LogP contribution in [0.25, 0.3) is 0 Å². The van der Waals surface area contributed by atoms with Gasteiger partial charge in [0.2, 0.25) is 15.9 Å². The van der Waals surface area contributed by atoms with Gasteiger partial charge in [0.1, 0.15) is 6.61 Å². The van der Waals surface area contributed by atoms with Crippen LogP contribution in [0.2, 0.25) is 0 Å². The van der Waals surface area contributed by atoms with Gasteiger partial charge in [0, 0.05) is 33.1 Å². The Morgan fingerprint density at radius 2 is 1.96 bits per heavy atom. The van der Waals surface area contributed by atoms with Crippen molar-refractivity contribution in [3.8, 4) is 0 Å². The first-order chi connectivity index (χ1) is 11.3. The van der Waals surface area contributed by atoms with E-state index in [1.54, 1.807) is 14.1 Å². The van der Waals surface area contributed by atoms with Crippen molar-refractivity contribution in [1.29, 1.82) is 0 Å². The minimum Gasteiger partial charge on any atom is -0.368 e. The van der Waals surface area contributed by atoms with Gasteiger partial charge in [-0.2, -0.15) is 0 Å². The molecule has 1 saturated heterocycles. The molecule has 1 heterocycles. The molecular weight excluding hydrogens is 328 g/mol. The molecule has 2 rings (SSSR count). The summed E-state index contributed by atoms with van der Waals surface area (Å²) < 4.78 is 31.1. The van der Waals surface area contributed by atoms with Gasteiger partial charge in [-0.25, -0.2) is 12.7 Å². The van der Waals surface area contributed by atoms with Crippen molar-refractivity contribution in [3.63, 3.8) is 0 Å². The molecule has 0 spiro atoms. The number of sulfonamides is 1. The van der Waals surface area contributed by atoms with Gasteiger partial charge < -0.3 is 9.64 Å². The fraction of sp³-hybridized carbons (Fsp3) is 0.588. The van der Waals surface area contributed by atoms with E-state index in [4.69, 9.17) is 4.74 Å². The molecule has 2 atom stereocenters. The Balaban J connectivity index is 2.08. The third-order valence-corrected chi connectivity index (χ3v) is 5.63. The minimum absolute atomic E-state index is 0.0296. The molecular formula is C17H26N2O4S. The number of carbonyl (C=O) groups excluding carboxylic acids is 1. The molecule has 1 aliphatic rings. The molecule has 0 bridgehead atoms. The van der Waals surface area contributed by atoms with Crippen molar-refractivity contribution in [2.75, 3.05) is 40.0 Å². The van der Waals surface area contributed by atoms with E-state index in [1.807, 2.05) is 30.3 Å². The van der Waals surface area contributed by atoms with Gasteiger partial charge >= 0.3 is 0 Å². The Hall–Kier alpha value is -1.44. The van der Waals surface area contributed by atoms with Crippen molar-refractivity contribution in [3.05, 3.63) is 35.9 Å². The predicted molar refractivity (Wildman–Crippen MR) is 93.1 cm³/mol. The van der Waals surface area contributed by atoms with E-state index in [0.29, 0.717) is 19.5 Å². The average Bonchev–Trinajstić information content (AvgIpc) is 2.53. The maximum absolute atomic E-state index is 11.9. The molecule has 0 radical (unpaired) electrons. The van der Waals surface area contributed by atoms with Gasteiger partial charge in [0.15, 0.2) is 0 Å². The molecule has 1 fully saturated rings. The van der Waals surface area contributed by atoms with Crippen LogP contribution in [0.3, 0.4) is 0 Å². The van der Waals surface area contributed by atoms with Crippen LogP contribution in [0.1, 0.15) is 12.0 Å². The number of likely N-dealkylation sites (N-methyl/N-ethyl adjacent to an activating group) is 1. The van der Waals surface area contributed by atoms with Crippen LogP contribution >= 0.6 is 0 Å². The monoisotopic (exact) mass is 354 g/mol. The Labute approximate surface area is 144 Å². The summed E-state index contributed by atoms with van der Waals surface area (Å²) in [6, 6.07) is 9.95. The van der Waals surface area contributed by atoms with Gasteiger partial charge in [-0.05, 0) is 18.4 Å². The van der Waals surface area contributed by atoms with Crippen LogP contribution in [-0.2, 0) is 26.0 Å². The number of rotatable bonds is 6. The fourth-order valence-electron chi connectivity index (χ4n) is 2.92. The lowest BCUT2D eigenvalue weighted by Crippen LogP contribution is -2.47. The number of amides is 1. The lowest BCUT2D eigenvalue weighted by Gasteiger charge is -2.37. The first-order valence-corrected chi connectivity index (χ1v) is 9.93. The quantitative estimate of drug-likeness (QED) is 0.764. The van der Waals surface area contributed by atoms with E-state index < -0.39 is 10.0 Å². The van der Waals surface area contributed by atoms with Crippen LogP contribution in [0.15, 0.2) is 30.3 Å². The van der Waals surface area contributed by atoms with Crippen molar-refractivity contribution in [2.45, 2.75) is 18.9 Å². The summed E-state index contributed by atoms with van der Waals surface area (Å²) in [6.07, 6.45) is 2.45. The molecule has 1 aromatic carbocycles. The molecule has 1 aliphatic heterocycles. The molecule has 134 valence electrons. The standard InChI is InChI=1S/C17H26N2O4S/c1-18(2)17(20)13-23-16-9-10-19(24(3,21)22)12-15(16)11-14-7-5-4-6-8-14/h4-8,15-16H,9-13H2,1-3H3/t15-,16-/m0/s1. The van der Waals surface area contributed by atoms with Crippen molar-refractivity contribution in [1.82, 2.24) is 9.21 Å². The topological polar surface area (TPSA) is 66.9 Å². The van der Waals surface area contributed by atoms with Crippen LogP contribution in [0.4, 0.5) is 0 Å². The summed E-state index contributed by atoms with van der Waals surface area (Å²) in [7, 11) is 0.171. The summed E-state index contributed by atoms with van der Waals surface area (Å²) in [5.74, 6) is -0.0511. The van der Waals surface area contributed by atoms with Gasteiger partial charge in [-0.15, -0.1) is 0 Å². The van der Waals surface area contributed by atoms with Crippen molar-refractivity contribution in [2.24, 2.45) is 5.92 Å². The van der Waals surface area contributed by atoms with Crippen molar-refractivity contribution >= 4 is 15.9 Å². The van der Waals surface area contributed by atoms with E-state index in [9.17, 15) is 13.2 Å². The third kappa shape index (κ3) is 5.29. The van der Waals surface area contributed by atoms with Crippen LogP contribution < -0.4 is 0 Å². The minimum atomic E-state index is -3.22. The molecule has 0 N–H and O–H groups in total. The van der Waals surface area contributed by atoms with Gasteiger partial charge in [-0.3, -0.25) is 4.79 Å². The van der Waals surface area contributed by atoms with E-state index in [2.05, 4.69) is 0 Å². The number of carbonyl (C=O) groups is 1. The first kappa shape index (κ1) is 18.9. The number of piperidine rings is 1.